The Hall–Kier alpha value is -1.60. The quantitative estimate of drug-likeness (QED) is 0.754. The molecule has 0 spiro atoms. The van der Waals surface area contributed by atoms with Crippen molar-refractivity contribution < 1.29 is 13.2 Å². The number of hydrogen-bond acceptors (Lipinski definition) is 2. The minimum atomic E-state index is -4.42. The Balaban J connectivity index is 2.35. The molecule has 0 bridgehead atoms. The van der Waals surface area contributed by atoms with E-state index in [9.17, 15) is 13.2 Å². The lowest BCUT2D eigenvalue weighted by atomic mass is 10.1. The average Bonchev–Trinajstić information content (AvgIpc) is 2.37. The molecule has 2 aromatic carbocycles. The summed E-state index contributed by atoms with van der Waals surface area (Å²) in [7, 11) is 0. The van der Waals surface area contributed by atoms with Crippen LogP contribution in [-0.4, -0.2) is 4.99 Å². The fraction of sp³-hybridized carbons (Fsp3) is 0.0714. The van der Waals surface area contributed by atoms with Crippen LogP contribution in [0.25, 0.3) is 0 Å². The normalized spacial score (nSPS) is 11.2. The van der Waals surface area contributed by atoms with Crippen LogP contribution < -0.4 is 11.1 Å². The zero-order valence-electron chi connectivity index (χ0n) is 10.5. The van der Waals surface area contributed by atoms with Gasteiger partial charge in [0.25, 0.3) is 0 Å². The number of halogens is 4. The molecule has 0 unspecified atom stereocenters. The molecule has 21 heavy (non-hydrogen) atoms. The number of nitrogens with two attached hydrogens (primary N) is 1. The zero-order valence-corrected chi connectivity index (χ0v) is 12.9. The van der Waals surface area contributed by atoms with Crippen LogP contribution in [0.2, 0.25) is 0 Å². The van der Waals surface area contributed by atoms with Crippen LogP contribution >= 0.6 is 28.1 Å². The van der Waals surface area contributed by atoms with Gasteiger partial charge in [0.15, 0.2) is 0 Å². The van der Waals surface area contributed by atoms with E-state index in [0.29, 0.717) is 15.7 Å². The molecule has 2 nitrogen and oxygen atoms in total. The van der Waals surface area contributed by atoms with Crippen molar-refractivity contribution in [2.75, 3.05) is 5.32 Å². The highest BCUT2D eigenvalue weighted by Gasteiger charge is 2.33. The van der Waals surface area contributed by atoms with Gasteiger partial charge in [0.05, 0.1) is 11.3 Å². The van der Waals surface area contributed by atoms with Crippen LogP contribution in [0, 0.1) is 0 Å². The maximum atomic E-state index is 12.9. The summed E-state index contributed by atoms with van der Waals surface area (Å²) in [5.41, 5.74) is 5.92. The van der Waals surface area contributed by atoms with Crippen molar-refractivity contribution in [1.29, 1.82) is 0 Å². The Morgan fingerprint density at radius 3 is 2.38 bits per heavy atom. The van der Waals surface area contributed by atoms with E-state index in [0.717, 1.165) is 6.07 Å². The summed E-state index contributed by atoms with van der Waals surface area (Å²) in [6.45, 7) is 0. The molecule has 0 saturated heterocycles. The first kappa shape index (κ1) is 15.8. The highest BCUT2D eigenvalue weighted by molar-refractivity contribution is 9.10. The SMILES string of the molecule is NC(=S)c1ccc(Nc2ccccc2C(F)(F)F)cc1Br. The van der Waals surface area contributed by atoms with Crippen LogP contribution in [0.15, 0.2) is 46.9 Å². The summed E-state index contributed by atoms with van der Waals surface area (Å²) in [5.74, 6) is 0. The number of hydrogen-bond donors (Lipinski definition) is 2. The standard InChI is InChI=1S/C14H10BrF3N2S/c15-11-7-8(5-6-9(11)13(19)21)20-12-4-2-1-3-10(12)14(16,17)18/h1-7,20H,(H2,19,21). The molecule has 0 saturated carbocycles. The van der Waals surface area contributed by atoms with Gasteiger partial charge in [0.1, 0.15) is 4.99 Å². The van der Waals surface area contributed by atoms with Crippen LogP contribution in [0.5, 0.6) is 0 Å². The molecule has 0 aliphatic heterocycles. The Kier molecular flexibility index (Phi) is 4.53. The van der Waals surface area contributed by atoms with Crippen LogP contribution in [0.3, 0.4) is 0 Å². The smallest absolute Gasteiger partial charge is 0.389 e. The van der Waals surface area contributed by atoms with Gasteiger partial charge in [0, 0.05) is 15.7 Å². The van der Waals surface area contributed by atoms with E-state index < -0.39 is 11.7 Å². The Morgan fingerprint density at radius 1 is 1.14 bits per heavy atom. The molecule has 0 aliphatic rings. The predicted octanol–water partition coefficient (Wildman–Crippen LogP) is 4.85. The fourth-order valence-electron chi connectivity index (χ4n) is 1.79. The van der Waals surface area contributed by atoms with E-state index in [2.05, 4.69) is 21.2 Å². The van der Waals surface area contributed by atoms with Gasteiger partial charge < -0.3 is 11.1 Å². The van der Waals surface area contributed by atoms with Crippen molar-refractivity contribution in [2.45, 2.75) is 6.18 Å². The molecule has 2 rings (SSSR count). The van der Waals surface area contributed by atoms with E-state index in [1.54, 1.807) is 18.2 Å². The first-order valence-corrected chi connectivity index (χ1v) is 7.02. The number of benzene rings is 2. The summed E-state index contributed by atoms with van der Waals surface area (Å²) in [6.07, 6.45) is -4.42. The third-order valence-corrected chi connectivity index (χ3v) is 3.62. The topological polar surface area (TPSA) is 38.0 Å². The molecule has 0 amide bonds. The van der Waals surface area contributed by atoms with Gasteiger partial charge in [-0.3, -0.25) is 0 Å². The van der Waals surface area contributed by atoms with Crippen LogP contribution in [-0.2, 0) is 6.18 Å². The molecular formula is C14H10BrF3N2S. The lowest BCUT2D eigenvalue weighted by Gasteiger charge is -2.15. The first-order chi connectivity index (χ1) is 9.79. The van der Waals surface area contributed by atoms with Gasteiger partial charge >= 0.3 is 6.18 Å². The molecule has 0 heterocycles. The second kappa shape index (κ2) is 6.03. The molecule has 0 atom stereocenters. The van der Waals surface area contributed by atoms with Crippen molar-refractivity contribution in [3.05, 3.63) is 58.1 Å². The predicted molar refractivity (Wildman–Crippen MR) is 84.8 cm³/mol. The van der Waals surface area contributed by atoms with Crippen molar-refractivity contribution in [2.24, 2.45) is 5.73 Å². The van der Waals surface area contributed by atoms with Gasteiger partial charge in [-0.1, -0.05) is 24.4 Å². The fourth-order valence-corrected chi connectivity index (χ4v) is 2.69. The Bertz CT molecular complexity index is 686. The summed E-state index contributed by atoms with van der Waals surface area (Å²) >= 11 is 8.16. The summed E-state index contributed by atoms with van der Waals surface area (Å²) in [4.78, 5) is 0.212. The highest BCUT2D eigenvalue weighted by Crippen LogP contribution is 2.36. The molecule has 7 heteroatoms. The zero-order chi connectivity index (χ0) is 15.6. The third kappa shape index (κ3) is 3.74. The molecule has 0 aliphatic carbocycles. The Labute approximate surface area is 133 Å². The second-order valence-electron chi connectivity index (χ2n) is 4.23. The minimum absolute atomic E-state index is 0.0139. The van der Waals surface area contributed by atoms with Gasteiger partial charge in [0.2, 0.25) is 0 Å². The summed E-state index contributed by atoms with van der Waals surface area (Å²) in [5, 5.41) is 2.75. The molecule has 0 aromatic heterocycles. The number of rotatable bonds is 3. The summed E-state index contributed by atoms with van der Waals surface area (Å²) in [6, 6.07) is 10.2. The van der Waals surface area contributed by atoms with E-state index in [1.807, 2.05) is 0 Å². The lowest BCUT2D eigenvalue weighted by molar-refractivity contribution is -0.136. The molecule has 3 N–H and O–H groups in total. The van der Waals surface area contributed by atoms with Gasteiger partial charge in [-0.25, -0.2) is 0 Å². The summed E-state index contributed by atoms with van der Waals surface area (Å²) < 4.78 is 39.4. The number of anilines is 2. The van der Waals surface area contributed by atoms with Gasteiger partial charge in [-0.2, -0.15) is 13.2 Å². The van der Waals surface area contributed by atoms with Crippen molar-refractivity contribution in [1.82, 2.24) is 0 Å². The molecule has 0 radical (unpaired) electrons. The van der Waals surface area contributed by atoms with Crippen LogP contribution in [0.4, 0.5) is 24.5 Å². The lowest BCUT2D eigenvalue weighted by Crippen LogP contribution is -2.11. The van der Waals surface area contributed by atoms with E-state index in [4.69, 9.17) is 18.0 Å². The maximum Gasteiger partial charge on any atom is 0.418 e. The molecule has 110 valence electrons. The van der Waals surface area contributed by atoms with E-state index >= 15 is 0 Å². The minimum Gasteiger partial charge on any atom is -0.389 e. The number of nitrogens with one attached hydrogen (secondary N) is 1. The molecular weight excluding hydrogens is 365 g/mol. The average molecular weight is 375 g/mol. The van der Waals surface area contributed by atoms with Crippen molar-refractivity contribution in [3.63, 3.8) is 0 Å². The number of thiocarbonyl (C=S) groups is 1. The first-order valence-electron chi connectivity index (χ1n) is 5.81. The number of alkyl halides is 3. The highest BCUT2D eigenvalue weighted by atomic mass is 79.9. The Morgan fingerprint density at radius 2 is 1.81 bits per heavy atom. The third-order valence-electron chi connectivity index (χ3n) is 2.75. The largest absolute Gasteiger partial charge is 0.418 e. The number of para-hydroxylation sites is 1. The maximum absolute atomic E-state index is 12.9. The van der Waals surface area contributed by atoms with Gasteiger partial charge in [-0.05, 0) is 46.3 Å². The monoisotopic (exact) mass is 374 g/mol. The van der Waals surface area contributed by atoms with Crippen LogP contribution in [0.1, 0.15) is 11.1 Å². The van der Waals surface area contributed by atoms with E-state index in [1.165, 1.54) is 18.2 Å². The van der Waals surface area contributed by atoms with E-state index in [-0.39, 0.29) is 10.7 Å². The molecule has 0 fully saturated rings. The van der Waals surface area contributed by atoms with Gasteiger partial charge in [-0.15, -0.1) is 0 Å². The van der Waals surface area contributed by atoms with Crippen molar-refractivity contribution in [3.8, 4) is 0 Å². The van der Waals surface area contributed by atoms with Crippen molar-refractivity contribution >= 4 is 44.5 Å². The second-order valence-corrected chi connectivity index (χ2v) is 5.52. The molecule has 2 aromatic rings.